The zero-order valence-corrected chi connectivity index (χ0v) is 14.5. The summed E-state index contributed by atoms with van der Waals surface area (Å²) in [6.07, 6.45) is 0.500. The first-order valence-corrected chi connectivity index (χ1v) is 8.41. The fourth-order valence-corrected chi connectivity index (χ4v) is 3.04. The number of nitrogens with one attached hydrogen (secondary N) is 1. The van der Waals surface area contributed by atoms with Crippen molar-refractivity contribution >= 4 is 11.9 Å². The van der Waals surface area contributed by atoms with Crippen LogP contribution < -0.4 is 10.1 Å². The van der Waals surface area contributed by atoms with Crippen molar-refractivity contribution in [3.05, 3.63) is 65.2 Å². The van der Waals surface area contributed by atoms with Crippen molar-refractivity contribution < 1.29 is 14.3 Å². The van der Waals surface area contributed by atoms with E-state index < -0.39 is 6.04 Å². The highest BCUT2D eigenvalue weighted by Crippen LogP contribution is 2.22. The number of para-hydroxylation sites is 1. The van der Waals surface area contributed by atoms with Crippen LogP contribution in [0.25, 0.3) is 0 Å². The van der Waals surface area contributed by atoms with Gasteiger partial charge >= 0.3 is 6.03 Å². The van der Waals surface area contributed by atoms with Crippen LogP contribution in [-0.4, -0.2) is 36.0 Å². The van der Waals surface area contributed by atoms with Gasteiger partial charge in [0, 0.05) is 6.42 Å². The maximum atomic E-state index is 12.5. The third-order valence-corrected chi connectivity index (χ3v) is 4.36. The molecular formula is C20H22N2O3. The van der Waals surface area contributed by atoms with Gasteiger partial charge < -0.3 is 10.1 Å². The number of aryl methyl sites for hydroxylation is 2. The smallest absolute Gasteiger partial charge is 0.324 e. The van der Waals surface area contributed by atoms with Gasteiger partial charge in [-0.25, -0.2) is 4.79 Å². The Bertz CT molecular complexity index is 754. The fraction of sp³-hybridized carbons (Fsp3) is 0.300. The van der Waals surface area contributed by atoms with E-state index in [1.807, 2.05) is 62.4 Å². The molecule has 1 aliphatic heterocycles. The maximum Gasteiger partial charge on any atom is 0.324 e. The lowest BCUT2D eigenvalue weighted by molar-refractivity contribution is -0.127. The van der Waals surface area contributed by atoms with E-state index >= 15 is 0 Å². The zero-order valence-electron chi connectivity index (χ0n) is 14.5. The second-order valence-corrected chi connectivity index (χ2v) is 6.25. The summed E-state index contributed by atoms with van der Waals surface area (Å²) in [7, 11) is 0. The molecule has 1 aliphatic rings. The predicted molar refractivity (Wildman–Crippen MR) is 95.6 cm³/mol. The SMILES string of the molecule is Cc1cccc(C)c1OCCN1C(=O)N[C@@H](Cc2ccccc2)C1=O. The van der Waals surface area contributed by atoms with E-state index in [0.717, 1.165) is 22.4 Å². The van der Waals surface area contributed by atoms with Gasteiger partial charge in [-0.2, -0.15) is 0 Å². The summed E-state index contributed by atoms with van der Waals surface area (Å²) in [6, 6.07) is 14.8. The molecule has 0 bridgehead atoms. The molecule has 0 radical (unpaired) electrons. The number of urea groups is 1. The van der Waals surface area contributed by atoms with Gasteiger partial charge in [-0.3, -0.25) is 9.69 Å². The van der Waals surface area contributed by atoms with Gasteiger partial charge in [-0.1, -0.05) is 48.5 Å². The zero-order chi connectivity index (χ0) is 17.8. The maximum absolute atomic E-state index is 12.5. The Morgan fingerprint density at radius 2 is 1.68 bits per heavy atom. The molecule has 0 aromatic heterocycles. The van der Waals surface area contributed by atoms with Crippen LogP contribution in [-0.2, 0) is 11.2 Å². The molecule has 1 fully saturated rings. The molecule has 2 aromatic carbocycles. The van der Waals surface area contributed by atoms with Crippen molar-refractivity contribution in [1.29, 1.82) is 0 Å². The van der Waals surface area contributed by atoms with E-state index in [0.29, 0.717) is 6.42 Å². The monoisotopic (exact) mass is 338 g/mol. The Balaban J connectivity index is 1.58. The lowest BCUT2D eigenvalue weighted by Gasteiger charge is -2.16. The van der Waals surface area contributed by atoms with E-state index in [1.54, 1.807) is 0 Å². The summed E-state index contributed by atoms with van der Waals surface area (Å²) < 4.78 is 5.81. The van der Waals surface area contributed by atoms with Crippen molar-refractivity contribution in [3.8, 4) is 5.75 Å². The van der Waals surface area contributed by atoms with Gasteiger partial charge in [0.15, 0.2) is 0 Å². The second-order valence-electron chi connectivity index (χ2n) is 6.25. The number of rotatable bonds is 6. The molecular weight excluding hydrogens is 316 g/mol. The number of amides is 3. The molecule has 1 heterocycles. The highest BCUT2D eigenvalue weighted by atomic mass is 16.5. The summed E-state index contributed by atoms with van der Waals surface area (Å²) >= 11 is 0. The van der Waals surface area contributed by atoms with Crippen LogP contribution in [0.3, 0.4) is 0 Å². The molecule has 1 saturated heterocycles. The average molecular weight is 338 g/mol. The fourth-order valence-electron chi connectivity index (χ4n) is 3.04. The number of carbonyl (C=O) groups excluding carboxylic acids is 2. The molecule has 5 nitrogen and oxygen atoms in total. The van der Waals surface area contributed by atoms with E-state index in [-0.39, 0.29) is 25.1 Å². The molecule has 0 unspecified atom stereocenters. The van der Waals surface area contributed by atoms with Gasteiger partial charge in [-0.05, 0) is 30.5 Å². The van der Waals surface area contributed by atoms with Crippen molar-refractivity contribution in [2.45, 2.75) is 26.3 Å². The largest absolute Gasteiger partial charge is 0.491 e. The summed E-state index contributed by atoms with van der Waals surface area (Å²) in [6.45, 7) is 4.48. The Morgan fingerprint density at radius 1 is 1.00 bits per heavy atom. The van der Waals surface area contributed by atoms with E-state index in [1.165, 1.54) is 4.90 Å². The number of imide groups is 1. The topological polar surface area (TPSA) is 58.6 Å². The lowest BCUT2D eigenvalue weighted by Crippen LogP contribution is -2.35. The van der Waals surface area contributed by atoms with Gasteiger partial charge in [-0.15, -0.1) is 0 Å². The van der Waals surface area contributed by atoms with Crippen molar-refractivity contribution in [2.75, 3.05) is 13.2 Å². The Hall–Kier alpha value is -2.82. The Kier molecular flexibility index (Phi) is 5.03. The normalized spacial score (nSPS) is 16.9. The van der Waals surface area contributed by atoms with Gasteiger partial charge in [0.1, 0.15) is 18.4 Å². The minimum atomic E-state index is -0.505. The average Bonchev–Trinajstić information content (AvgIpc) is 2.85. The second kappa shape index (κ2) is 7.38. The Morgan fingerprint density at radius 3 is 2.36 bits per heavy atom. The molecule has 2 aromatic rings. The van der Waals surface area contributed by atoms with Crippen LogP contribution in [0, 0.1) is 13.8 Å². The number of benzene rings is 2. The van der Waals surface area contributed by atoms with Gasteiger partial charge in [0.2, 0.25) is 0 Å². The molecule has 1 N–H and O–H groups in total. The van der Waals surface area contributed by atoms with Gasteiger partial charge in [0.05, 0.1) is 6.54 Å². The molecule has 3 rings (SSSR count). The van der Waals surface area contributed by atoms with Crippen LogP contribution in [0.4, 0.5) is 4.79 Å². The number of ether oxygens (including phenoxy) is 1. The number of carbonyl (C=O) groups is 2. The Labute approximate surface area is 147 Å². The first-order chi connectivity index (χ1) is 12.1. The van der Waals surface area contributed by atoms with Crippen LogP contribution in [0.15, 0.2) is 48.5 Å². The molecule has 0 aliphatic carbocycles. The molecule has 5 heteroatoms. The van der Waals surface area contributed by atoms with E-state index in [2.05, 4.69) is 5.32 Å². The lowest BCUT2D eigenvalue weighted by atomic mass is 10.1. The highest BCUT2D eigenvalue weighted by molar-refractivity contribution is 6.04. The molecule has 25 heavy (non-hydrogen) atoms. The molecule has 0 spiro atoms. The molecule has 1 atom stereocenters. The van der Waals surface area contributed by atoms with Crippen LogP contribution in [0.5, 0.6) is 5.75 Å². The molecule has 3 amide bonds. The number of nitrogens with zero attached hydrogens (tertiary/aromatic N) is 1. The van der Waals surface area contributed by atoms with Crippen molar-refractivity contribution in [1.82, 2.24) is 10.2 Å². The first-order valence-electron chi connectivity index (χ1n) is 8.41. The molecule has 0 saturated carbocycles. The van der Waals surface area contributed by atoms with E-state index in [4.69, 9.17) is 4.74 Å². The van der Waals surface area contributed by atoms with Crippen LogP contribution in [0.2, 0.25) is 0 Å². The van der Waals surface area contributed by atoms with E-state index in [9.17, 15) is 9.59 Å². The summed E-state index contributed by atoms with van der Waals surface area (Å²) in [5.41, 5.74) is 3.10. The summed E-state index contributed by atoms with van der Waals surface area (Å²) in [5, 5.41) is 2.76. The predicted octanol–water partition coefficient (Wildman–Crippen LogP) is 2.85. The summed E-state index contributed by atoms with van der Waals surface area (Å²) in [4.78, 5) is 25.8. The first kappa shape index (κ1) is 17.0. The van der Waals surface area contributed by atoms with Crippen molar-refractivity contribution in [2.24, 2.45) is 0 Å². The van der Waals surface area contributed by atoms with Crippen molar-refractivity contribution in [3.63, 3.8) is 0 Å². The third-order valence-electron chi connectivity index (χ3n) is 4.36. The van der Waals surface area contributed by atoms with Crippen LogP contribution in [0.1, 0.15) is 16.7 Å². The minimum absolute atomic E-state index is 0.195. The van der Waals surface area contributed by atoms with Crippen LogP contribution >= 0.6 is 0 Å². The third kappa shape index (κ3) is 3.82. The minimum Gasteiger partial charge on any atom is -0.491 e. The summed E-state index contributed by atoms with van der Waals surface area (Å²) in [5.74, 6) is 0.620. The van der Waals surface area contributed by atoms with Gasteiger partial charge in [0.25, 0.3) is 5.91 Å². The molecule has 130 valence electrons. The standard InChI is InChI=1S/C20H22N2O3/c1-14-7-6-8-15(2)18(14)25-12-11-22-19(23)17(21-20(22)24)13-16-9-4-3-5-10-16/h3-10,17H,11-13H2,1-2H3,(H,21,24)/t17-/m0/s1. The quantitative estimate of drug-likeness (QED) is 0.824. The number of hydrogen-bond donors (Lipinski definition) is 1. The highest BCUT2D eigenvalue weighted by Gasteiger charge is 2.37. The number of hydrogen-bond acceptors (Lipinski definition) is 3.